The van der Waals surface area contributed by atoms with Crippen LogP contribution in [0.1, 0.15) is 0 Å². The molecule has 0 aliphatic heterocycles. The van der Waals surface area contributed by atoms with Gasteiger partial charge in [0.25, 0.3) is 0 Å². The highest BCUT2D eigenvalue weighted by Crippen LogP contribution is 2.23. The van der Waals surface area contributed by atoms with Crippen molar-refractivity contribution in [2.45, 2.75) is 0 Å². The maximum atomic E-state index is 12.7. The zero-order valence-electron chi connectivity index (χ0n) is 4.87. The molecule has 0 fully saturated rings. The number of halogens is 3. The van der Waals surface area contributed by atoms with Gasteiger partial charge in [0, 0.05) is 5.69 Å². The van der Waals surface area contributed by atoms with Crippen molar-refractivity contribution in [1.82, 2.24) is 0 Å². The Morgan fingerprint density at radius 1 is 1.50 bits per heavy atom. The first-order chi connectivity index (χ1) is 4.61. The van der Waals surface area contributed by atoms with Gasteiger partial charge < -0.3 is 5.73 Å². The fourth-order valence-electron chi connectivity index (χ4n) is 0.575. The molecule has 0 amide bonds. The molecule has 0 aliphatic rings. The third-order valence-electron chi connectivity index (χ3n) is 1.01. The first kappa shape index (κ1) is 8.07. The molecule has 0 radical (unpaired) electrons. The third kappa shape index (κ3) is 1.52. The summed E-state index contributed by atoms with van der Waals surface area (Å²) in [4.78, 5) is 0. The van der Waals surface area contributed by atoms with Crippen molar-refractivity contribution in [3.8, 4) is 0 Å². The highest BCUT2D eigenvalue weighted by atomic mass is 127. The molecule has 10 heavy (non-hydrogen) atoms. The van der Waals surface area contributed by atoms with Crippen LogP contribution < -0.4 is 5.73 Å². The Bertz CT molecular complexity index is 241. The van der Waals surface area contributed by atoms with Crippen LogP contribution in [0, 0.1) is 9.39 Å². The Hall–Kier alpha value is -0.0300. The summed E-state index contributed by atoms with van der Waals surface area (Å²) in [5, 5.41) is 0.359. The van der Waals surface area contributed by atoms with Gasteiger partial charge in [-0.1, -0.05) is 11.6 Å². The number of nitrogen functional groups attached to an aromatic ring is 1. The summed E-state index contributed by atoms with van der Waals surface area (Å²) >= 11 is 7.41. The van der Waals surface area contributed by atoms with Gasteiger partial charge in [-0.25, -0.2) is 4.39 Å². The molecule has 0 bridgehead atoms. The minimum Gasteiger partial charge on any atom is -0.399 e. The quantitative estimate of drug-likeness (QED) is 0.438. The highest BCUT2D eigenvalue weighted by molar-refractivity contribution is 14.1. The van der Waals surface area contributed by atoms with Gasteiger partial charge in [-0.2, -0.15) is 0 Å². The number of anilines is 1. The fourth-order valence-corrected chi connectivity index (χ4v) is 1.10. The van der Waals surface area contributed by atoms with Crippen molar-refractivity contribution < 1.29 is 4.39 Å². The molecule has 0 saturated carbocycles. The molecule has 1 rings (SSSR count). The lowest BCUT2D eigenvalue weighted by atomic mass is 10.3. The van der Waals surface area contributed by atoms with E-state index in [1.165, 1.54) is 12.1 Å². The number of hydrogen-bond acceptors (Lipinski definition) is 1. The second-order valence-electron chi connectivity index (χ2n) is 1.80. The second-order valence-corrected chi connectivity index (χ2v) is 3.28. The minimum atomic E-state index is -0.370. The molecule has 0 saturated heterocycles. The molecule has 1 aromatic rings. The molecule has 0 aromatic heterocycles. The van der Waals surface area contributed by atoms with E-state index in [0.29, 0.717) is 14.3 Å². The van der Waals surface area contributed by atoms with Crippen LogP contribution in [-0.2, 0) is 0 Å². The molecule has 0 spiro atoms. The molecule has 0 aliphatic carbocycles. The summed E-state index contributed by atoms with van der Waals surface area (Å²) in [5.74, 6) is -0.370. The number of hydrogen-bond donors (Lipinski definition) is 1. The van der Waals surface area contributed by atoms with Crippen LogP contribution in [0.5, 0.6) is 0 Å². The van der Waals surface area contributed by atoms with Gasteiger partial charge >= 0.3 is 0 Å². The minimum absolute atomic E-state index is 0.350. The van der Waals surface area contributed by atoms with Crippen LogP contribution in [0.4, 0.5) is 10.1 Å². The van der Waals surface area contributed by atoms with E-state index in [0.717, 1.165) is 0 Å². The molecule has 4 heteroatoms. The normalized spacial score (nSPS) is 9.90. The molecule has 0 atom stereocenters. The van der Waals surface area contributed by atoms with Crippen molar-refractivity contribution in [2.75, 3.05) is 5.73 Å². The molecular formula is C6H4ClFIN. The lowest BCUT2D eigenvalue weighted by Gasteiger charge is -1.98. The van der Waals surface area contributed by atoms with E-state index in [1.807, 2.05) is 22.6 Å². The second kappa shape index (κ2) is 2.92. The van der Waals surface area contributed by atoms with E-state index >= 15 is 0 Å². The zero-order valence-corrected chi connectivity index (χ0v) is 7.78. The van der Waals surface area contributed by atoms with Crippen LogP contribution in [0.15, 0.2) is 12.1 Å². The Morgan fingerprint density at radius 3 is 2.60 bits per heavy atom. The van der Waals surface area contributed by atoms with E-state index in [2.05, 4.69) is 0 Å². The monoisotopic (exact) mass is 271 g/mol. The number of benzene rings is 1. The van der Waals surface area contributed by atoms with Gasteiger partial charge in [-0.3, -0.25) is 0 Å². The Morgan fingerprint density at radius 2 is 2.10 bits per heavy atom. The van der Waals surface area contributed by atoms with E-state index < -0.39 is 0 Å². The van der Waals surface area contributed by atoms with Crippen LogP contribution in [-0.4, -0.2) is 0 Å². The van der Waals surface area contributed by atoms with Crippen molar-refractivity contribution >= 4 is 39.9 Å². The average molecular weight is 271 g/mol. The predicted octanol–water partition coefficient (Wildman–Crippen LogP) is 2.67. The Labute approximate surface area is 76.5 Å². The SMILES string of the molecule is Nc1cc(F)c(I)c(Cl)c1. The topological polar surface area (TPSA) is 26.0 Å². The first-order valence-corrected chi connectivity index (χ1v) is 3.97. The van der Waals surface area contributed by atoms with Gasteiger partial charge in [-0.05, 0) is 34.7 Å². The fraction of sp³-hybridized carbons (Fsp3) is 0. The van der Waals surface area contributed by atoms with Gasteiger partial charge in [0.05, 0.1) is 8.59 Å². The van der Waals surface area contributed by atoms with Crippen molar-refractivity contribution in [2.24, 2.45) is 0 Å². The van der Waals surface area contributed by atoms with E-state index in [-0.39, 0.29) is 5.82 Å². The van der Waals surface area contributed by atoms with Crippen molar-refractivity contribution in [3.05, 3.63) is 26.5 Å². The summed E-state index contributed by atoms with van der Waals surface area (Å²) in [7, 11) is 0. The van der Waals surface area contributed by atoms with Crippen LogP contribution >= 0.6 is 34.2 Å². The maximum Gasteiger partial charge on any atom is 0.140 e. The first-order valence-electron chi connectivity index (χ1n) is 2.51. The van der Waals surface area contributed by atoms with E-state index in [4.69, 9.17) is 17.3 Å². The molecule has 0 unspecified atom stereocenters. The van der Waals surface area contributed by atoms with Gasteiger partial charge in [-0.15, -0.1) is 0 Å². The average Bonchev–Trinajstić information content (AvgIpc) is 1.82. The summed E-state index contributed by atoms with van der Waals surface area (Å²) in [6, 6.07) is 2.76. The molecule has 2 N–H and O–H groups in total. The smallest absolute Gasteiger partial charge is 0.140 e. The van der Waals surface area contributed by atoms with Gasteiger partial charge in [0.2, 0.25) is 0 Å². The van der Waals surface area contributed by atoms with Crippen molar-refractivity contribution in [3.63, 3.8) is 0 Å². The van der Waals surface area contributed by atoms with Crippen LogP contribution in [0.25, 0.3) is 0 Å². The molecular weight excluding hydrogens is 267 g/mol. The summed E-state index contributed by atoms with van der Waals surface area (Å²) in [6.07, 6.45) is 0. The lowest BCUT2D eigenvalue weighted by Crippen LogP contribution is -1.89. The Balaban J connectivity index is 3.31. The predicted molar refractivity (Wildman–Crippen MR) is 48.5 cm³/mol. The van der Waals surface area contributed by atoms with E-state index in [9.17, 15) is 4.39 Å². The van der Waals surface area contributed by atoms with E-state index in [1.54, 1.807) is 0 Å². The molecule has 0 heterocycles. The molecule has 54 valence electrons. The van der Waals surface area contributed by atoms with Gasteiger partial charge in [0.1, 0.15) is 5.82 Å². The molecule has 1 nitrogen and oxygen atoms in total. The highest BCUT2D eigenvalue weighted by Gasteiger charge is 2.03. The molecule has 1 aromatic carbocycles. The van der Waals surface area contributed by atoms with Crippen LogP contribution in [0.3, 0.4) is 0 Å². The van der Waals surface area contributed by atoms with Gasteiger partial charge in [0.15, 0.2) is 0 Å². The standard InChI is InChI=1S/C6H4ClFIN/c7-4-1-3(10)2-5(8)6(4)9/h1-2H,10H2. The largest absolute Gasteiger partial charge is 0.399 e. The third-order valence-corrected chi connectivity index (χ3v) is 2.72. The zero-order chi connectivity index (χ0) is 7.72. The summed E-state index contributed by atoms with van der Waals surface area (Å²) in [6.45, 7) is 0. The summed E-state index contributed by atoms with van der Waals surface area (Å²) in [5.41, 5.74) is 5.65. The van der Waals surface area contributed by atoms with Crippen molar-refractivity contribution in [1.29, 1.82) is 0 Å². The Kier molecular flexibility index (Phi) is 2.36. The summed E-state index contributed by atoms with van der Waals surface area (Å²) < 4.78 is 13.1. The number of nitrogens with two attached hydrogens (primary N) is 1. The van der Waals surface area contributed by atoms with Crippen LogP contribution in [0.2, 0.25) is 5.02 Å². The maximum absolute atomic E-state index is 12.7. The number of rotatable bonds is 0. The lowest BCUT2D eigenvalue weighted by molar-refractivity contribution is 0.621.